The van der Waals surface area contributed by atoms with E-state index < -0.39 is 62.7 Å². The Morgan fingerprint density at radius 3 is 0.548 bits per heavy atom. The van der Waals surface area contributed by atoms with Gasteiger partial charge in [-0.15, -0.1) is 0 Å². The van der Waals surface area contributed by atoms with E-state index in [-0.39, 0.29) is 0 Å². The van der Waals surface area contributed by atoms with Crippen molar-refractivity contribution in [3.8, 4) is 0 Å². The van der Waals surface area contributed by atoms with Gasteiger partial charge in [0.25, 0.3) is 0 Å². The molecule has 188 valence electrons. The summed E-state index contributed by atoms with van der Waals surface area (Å²) >= 11 is 0. The van der Waals surface area contributed by atoms with E-state index in [1.807, 2.05) is 0 Å². The van der Waals surface area contributed by atoms with E-state index in [4.69, 9.17) is 0 Å². The predicted molar refractivity (Wildman–Crippen MR) is 58.1 cm³/mol. The average molecular weight is 513 g/mol. The molecule has 0 bridgehead atoms. The van der Waals surface area contributed by atoms with E-state index in [0.29, 0.717) is 0 Å². The summed E-state index contributed by atoms with van der Waals surface area (Å²) in [6.45, 7) is 0. The smallest absolute Gasteiger partial charge is 0.419 e. The molecule has 0 fully saturated rings. The van der Waals surface area contributed by atoms with Gasteiger partial charge in [0, 0.05) is 0 Å². The van der Waals surface area contributed by atoms with E-state index in [2.05, 4.69) is 14.0 Å². The summed E-state index contributed by atoms with van der Waals surface area (Å²) in [6, 6.07) is 0. The summed E-state index contributed by atoms with van der Waals surface area (Å²) in [4.78, 5) is 0. The first-order chi connectivity index (χ1) is 13.2. The van der Waals surface area contributed by atoms with Gasteiger partial charge in [0.15, 0.2) is 0 Å². The van der Waals surface area contributed by atoms with Crippen LogP contribution in [0.2, 0.25) is 0 Å². The summed E-state index contributed by atoms with van der Waals surface area (Å²) in [5, 5.41) is 0. The number of alkyl halides is 18. The lowest BCUT2D eigenvalue weighted by atomic mass is 10.1. The van der Waals surface area contributed by atoms with Gasteiger partial charge in [-0.1, -0.05) is 0 Å². The van der Waals surface area contributed by atoms with Crippen LogP contribution in [-0.2, 0) is 14.0 Å². The first-order valence-electron chi connectivity index (χ1n) is 6.71. The second kappa shape index (κ2) is 8.91. The lowest BCUT2D eigenvalue weighted by Gasteiger charge is -2.40. The van der Waals surface area contributed by atoms with Crippen molar-refractivity contribution in [2.75, 3.05) is 0 Å². The molecule has 0 saturated carbocycles. The lowest BCUT2D eigenvalue weighted by Crippen LogP contribution is -2.57. The Bertz CT molecular complexity index is 444. The molecule has 0 aliphatic rings. The average Bonchev–Trinajstić information content (AvgIpc) is 2.37. The zero-order valence-corrected chi connectivity index (χ0v) is 13.5. The minimum absolute atomic E-state index is 2.61. The molecule has 0 rings (SSSR count). The van der Waals surface area contributed by atoms with Crippen molar-refractivity contribution in [3.63, 3.8) is 0 Å². The Hall–Kier alpha value is -1.32. The van der Waals surface area contributed by atoms with Crippen LogP contribution in [0.4, 0.5) is 79.0 Å². The van der Waals surface area contributed by atoms with Crippen molar-refractivity contribution >= 4 is 7.32 Å². The number of hydrogen-bond acceptors (Lipinski definition) is 3. The molecule has 31 heavy (non-hydrogen) atoms. The van der Waals surface area contributed by atoms with Crippen LogP contribution in [-0.4, -0.2) is 62.7 Å². The molecule has 0 heterocycles. The van der Waals surface area contributed by atoms with Gasteiger partial charge in [-0.05, 0) is 0 Å². The van der Waals surface area contributed by atoms with Crippen molar-refractivity contribution in [1.29, 1.82) is 0 Å². The van der Waals surface area contributed by atoms with Crippen LogP contribution in [0.3, 0.4) is 0 Å². The van der Waals surface area contributed by atoms with Crippen LogP contribution in [0.25, 0.3) is 0 Å². The van der Waals surface area contributed by atoms with Crippen LogP contribution in [0.1, 0.15) is 0 Å². The van der Waals surface area contributed by atoms with Gasteiger partial charge in [-0.2, -0.15) is 79.0 Å². The zero-order chi connectivity index (χ0) is 25.4. The highest BCUT2D eigenvalue weighted by molar-refractivity contribution is 6.36. The van der Waals surface area contributed by atoms with Crippen molar-refractivity contribution in [2.45, 2.75) is 55.4 Å². The van der Waals surface area contributed by atoms with Crippen LogP contribution in [0, 0.1) is 0 Å². The molecule has 0 aromatic carbocycles. The highest BCUT2D eigenvalue weighted by Gasteiger charge is 2.62. The Balaban J connectivity index is 6.36. The number of hydrogen-bond donors (Lipinski definition) is 0. The minimum Gasteiger partial charge on any atom is -0.531 e. The summed E-state index contributed by atoms with van der Waals surface area (Å²) in [5.41, 5.74) is 0. The standard InChI is InChI=1S/C9H4BF18O3/c11-4(12,13)1(5(14,15)16)29-10(30-2(6(17,18)19)7(20,21)22)31-3(8(23,24)25)9(26,27)28/h1-3,10H/q-1. The minimum atomic E-state index is -6.78. The normalized spacial score (nSPS) is 15.7. The molecule has 0 amide bonds. The van der Waals surface area contributed by atoms with Gasteiger partial charge >= 0.3 is 44.4 Å². The van der Waals surface area contributed by atoms with Gasteiger partial charge in [-0.25, -0.2) is 0 Å². The van der Waals surface area contributed by atoms with Gasteiger partial charge in [-0.3, -0.25) is 0 Å². The molecular formula is C9H4BF18O3-. The molecule has 22 heteroatoms. The Labute approximate surface area is 157 Å². The lowest BCUT2D eigenvalue weighted by molar-refractivity contribution is -0.337. The van der Waals surface area contributed by atoms with Gasteiger partial charge in [0.1, 0.15) is 0 Å². The molecule has 0 N–H and O–H groups in total. The third-order valence-electron chi connectivity index (χ3n) is 2.69. The Kier molecular flexibility index (Phi) is 8.53. The fourth-order valence-electron chi connectivity index (χ4n) is 1.65. The van der Waals surface area contributed by atoms with Gasteiger partial charge < -0.3 is 14.0 Å². The maximum Gasteiger partial charge on any atom is 0.419 e. The molecule has 0 unspecified atom stereocenters. The molecule has 0 aromatic rings. The SMILES string of the molecule is FC(F)(F)C(O[BH-](OC(C(F)(F)F)C(F)(F)F)OC(C(F)(F)F)C(F)(F)F)C(F)(F)F. The largest absolute Gasteiger partial charge is 0.531 e. The zero-order valence-electron chi connectivity index (χ0n) is 13.5. The molecule has 0 aliphatic carbocycles. The van der Waals surface area contributed by atoms with E-state index in [1.165, 1.54) is 0 Å². The Morgan fingerprint density at radius 1 is 0.323 bits per heavy atom. The fourth-order valence-corrected chi connectivity index (χ4v) is 1.65. The quantitative estimate of drug-likeness (QED) is 0.360. The number of halogens is 18. The molecule has 0 atom stereocenters. The predicted octanol–water partition coefficient (Wildman–Crippen LogP) is 5.23. The summed E-state index contributed by atoms with van der Waals surface area (Å²) < 4.78 is 230. The van der Waals surface area contributed by atoms with Crippen molar-refractivity contribution in [2.24, 2.45) is 0 Å². The first-order valence-corrected chi connectivity index (χ1v) is 6.71. The summed E-state index contributed by atoms with van der Waals surface area (Å²) in [6.07, 6.45) is -57.1. The summed E-state index contributed by atoms with van der Waals surface area (Å²) in [7, 11) is -6.12. The Morgan fingerprint density at radius 2 is 0.452 bits per heavy atom. The monoisotopic (exact) mass is 513 g/mol. The first kappa shape index (κ1) is 29.7. The third kappa shape index (κ3) is 9.37. The third-order valence-corrected chi connectivity index (χ3v) is 2.69. The molecule has 0 radical (unpaired) electrons. The summed E-state index contributed by atoms with van der Waals surface area (Å²) in [5.74, 6) is 0. The maximum atomic E-state index is 12.4. The van der Waals surface area contributed by atoms with E-state index >= 15 is 0 Å². The topological polar surface area (TPSA) is 27.7 Å². The second-order valence-electron chi connectivity index (χ2n) is 5.24. The fraction of sp³-hybridized carbons (Fsp3) is 1.00. The van der Waals surface area contributed by atoms with Crippen LogP contribution >= 0.6 is 0 Å². The maximum absolute atomic E-state index is 12.4. The molecular weight excluding hydrogens is 509 g/mol. The van der Waals surface area contributed by atoms with Crippen LogP contribution in [0.15, 0.2) is 0 Å². The highest BCUT2D eigenvalue weighted by Crippen LogP contribution is 2.41. The highest BCUT2D eigenvalue weighted by atomic mass is 19.4. The van der Waals surface area contributed by atoms with Gasteiger partial charge in [0.05, 0.1) is 0 Å². The van der Waals surface area contributed by atoms with E-state index in [0.717, 1.165) is 0 Å². The van der Waals surface area contributed by atoms with Crippen molar-refractivity contribution in [3.05, 3.63) is 0 Å². The second-order valence-corrected chi connectivity index (χ2v) is 5.24. The van der Waals surface area contributed by atoms with E-state index in [1.54, 1.807) is 0 Å². The molecule has 0 saturated heterocycles. The van der Waals surface area contributed by atoms with Crippen molar-refractivity contribution < 1.29 is 93.0 Å². The van der Waals surface area contributed by atoms with Crippen LogP contribution < -0.4 is 0 Å². The van der Waals surface area contributed by atoms with Crippen molar-refractivity contribution in [1.82, 2.24) is 0 Å². The number of rotatable bonds is 6. The molecule has 0 aromatic heterocycles. The van der Waals surface area contributed by atoms with E-state index in [9.17, 15) is 79.0 Å². The molecule has 0 spiro atoms. The van der Waals surface area contributed by atoms with Crippen LogP contribution in [0.5, 0.6) is 0 Å². The molecule has 0 aliphatic heterocycles. The molecule has 3 nitrogen and oxygen atoms in total. The van der Waals surface area contributed by atoms with Gasteiger partial charge in [0.2, 0.25) is 18.3 Å².